The smallest absolute Gasteiger partial charge is 0.0610 e. The summed E-state index contributed by atoms with van der Waals surface area (Å²) in [7, 11) is 0. The highest BCUT2D eigenvalue weighted by molar-refractivity contribution is 5.37. The fraction of sp³-hybridized carbons (Fsp3) is 0.500. The number of hydrogen-bond donors (Lipinski definition) is 1. The van der Waals surface area contributed by atoms with Gasteiger partial charge >= 0.3 is 0 Å². The van der Waals surface area contributed by atoms with Gasteiger partial charge in [-0.05, 0) is 44.4 Å². The molecule has 0 saturated heterocycles. The highest BCUT2D eigenvalue weighted by Gasteiger charge is 2.17. The van der Waals surface area contributed by atoms with E-state index in [9.17, 15) is 0 Å². The molecule has 0 fully saturated rings. The number of rotatable bonds is 7. The Morgan fingerprint density at radius 2 is 2.00 bits per heavy atom. The third-order valence-electron chi connectivity index (χ3n) is 3.77. The Kier molecular flexibility index (Phi) is 5.57. The Labute approximate surface area is 128 Å². The van der Waals surface area contributed by atoms with Crippen molar-refractivity contribution in [3.63, 3.8) is 0 Å². The summed E-state index contributed by atoms with van der Waals surface area (Å²) in [6, 6.07) is 6.93. The van der Waals surface area contributed by atoms with Crippen LogP contribution in [0, 0.1) is 13.8 Å². The second kappa shape index (κ2) is 7.41. The Hall–Kier alpha value is -1.61. The summed E-state index contributed by atoms with van der Waals surface area (Å²) in [5.41, 5.74) is 5.26. The summed E-state index contributed by atoms with van der Waals surface area (Å²) in [5, 5.41) is 8.15. The SMILES string of the molecule is CCCNC(c1cnn(CCC)c1)c1ccc(C)cc1C. The molecule has 114 valence electrons. The van der Waals surface area contributed by atoms with Crippen molar-refractivity contribution < 1.29 is 0 Å². The van der Waals surface area contributed by atoms with Crippen molar-refractivity contribution in [2.75, 3.05) is 6.54 Å². The number of nitrogens with zero attached hydrogens (tertiary/aromatic N) is 2. The van der Waals surface area contributed by atoms with Gasteiger partial charge in [-0.3, -0.25) is 4.68 Å². The van der Waals surface area contributed by atoms with Crippen LogP contribution in [0.1, 0.15) is 55.0 Å². The van der Waals surface area contributed by atoms with Gasteiger partial charge < -0.3 is 5.32 Å². The molecule has 0 radical (unpaired) electrons. The van der Waals surface area contributed by atoms with E-state index in [1.165, 1.54) is 22.3 Å². The summed E-state index contributed by atoms with van der Waals surface area (Å²) in [4.78, 5) is 0. The van der Waals surface area contributed by atoms with Crippen molar-refractivity contribution in [3.05, 3.63) is 52.8 Å². The molecule has 1 N–H and O–H groups in total. The standard InChI is InChI=1S/C18H27N3/c1-5-9-19-18(16-12-20-21(13-16)10-6-2)17-8-7-14(3)11-15(17)4/h7-8,11-13,18-19H,5-6,9-10H2,1-4H3. The Balaban J connectivity index is 2.32. The minimum absolute atomic E-state index is 0.233. The van der Waals surface area contributed by atoms with E-state index in [2.05, 4.69) is 62.5 Å². The van der Waals surface area contributed by atoms with Crippen LogP contribution in [0.3, 0.4) is 0 Å². The van der Waals surface area contributed by atoms with Crippen molar-refractivity contribution in [1.29, 1.82) is 0 Å². The summed E-state index contributed by atoms with van der Waals surface area (Å²) in [6.45, 7) is 10.7. The molecular formula is C18H27N3. The van der Waals surface area contributed by atoms with Crippen molar-refractivity contribution in [2.45, 2.75) is 53.1 Å². The van der Waals surface area contributed by atoms with Gasteiger partial charge in [-0.2, -0.15) is 5.10 Å². The van der Waals surface area contributed by atoms with Crippen molar-refractivity contribution in [1.82, 2.24) is 15.1 Å². The lowest BCUT2D eigenvalue weighted by molar-refractivity contribution is 0.586. The summed E-state index contributed by atoms with van der Waals surface area (Å²) < 4.78 is 2.04. The molecule has 2 aromatic rings. The lowest BCUT2D eigenvalue weighted by Crippen LogP contribution is -2.23. The number of benzene rings is 1. The number of nitrogens with one attached hydrogen (secondary N) is 1. The molecule has 1 atom stereocenters. The zero-order valence-electron chi connectivity index (χ0n) is 13.7. The van der Waals surface area contributed by atoms with E-state index in [0.717, 1.165) is 25.9 Å². The van der Waals surface area contributed by atoms with Gasteiger partial charge in [-0.25, -0.2) is 0 Å². The average molecular weight is 285 g/mol. The van der Waals surface area contributed by atoms with Gasteiger partial charge in [0.2, 0.25) is 0 Å². The van der Waals surface area contributed by atoms with Gasteiger partial charge in [0, 0.05) is 18.3 Å². The van der Waals surface area contributed by atoms with Crippen LogP contribution < -0.4 is 5.32 Å². The van der Waals surface area contributed by atoms with Gasteiger partial charge in [0.15, 0.2) is 0 Å². The monoisotopic (exact) mass is 285 g/mol. The number of hydrogen-bond acceptors (Lipinski definition) is 2. The first-order valence-corrected chi connectivity index (χ1v) is 7.98. The van der Waals surface area contributed by atoms with E-state index >= 15 is 0 Å². The molecule has 0 bridgehead atoms. The predicted octanol–water partition coefficient (Wildman–Crippen LogP) is 4.00. The summed E-state index contributed by atoms with van der Waals surface area (Å²) in [6.07, 6.45) is 6.42. The van der Waals surface area contributed by atoms with Crippen LogP contribution >= 0.6 is 0 Å². The van der Waals surface area contributed by atoms with Crippen LogP contribution in [0.15, 0.2) is 30.6 Å². The molecule has 1 heterocycles. The number of aryl methyl sites for hydroxylation is 3. The fourth-order valence-corrected chi connectivity index (χ4v) is 2.73. The molecule has 0 amide bonds. The van der Waals surface area contributed by atoms with Crippen LogP contribution in [0.4, 0.5) is 0 Å². The third-order valence-corrected chi connectivity index (χ3v) is 3.77. The molecule has 21 heavy (non-hydrogen) atoms. The van der Waals surface area contributed by atoms with E-state index in [1.54, 1.807) is 0 Å². The van der Waals surface area contributed by atoms with E-state index in [1.807, 2.05) is 10.9 Å². The zero-order chi connectivity index (χ0) is 15.2. The van der Waals surface area contributed by atoms with Crippen molar-refractivity contribution >= 4 is 0 Å². The van der Waals surface area contributed by atoms with E-state index in [-0.39, 0.29) is 6.04 Å². The fourth-order valence-electron chi connectivity index (χ4n) is 2.73. The lowest BCUT2D eigenvalue weighted by atomic mass is 9.95. The van der Waals surface area contributed by atoms with Gasteiger partial charge in [0.25, 0.3) is 0 Å². The zero-order valence-corrected chi connectivity index (χ0v) is 13.7. The molecule has 2 rings (SSSR count). The molecule has 3 nitrogen and oxygen atoms in total. The minimum atomic E-state index is 0.233. The van der Waals surface area contributed by atoms with Gasteiger partial charge in [-0.1, -0.05) is 37.6 Å². The molecular weight excluding hydrogens is 258 g/mol. The molecule has 0 aliphatic heterocycles. The van der Waals surface area contributed by atoms with Gasteiger partial charge in [0.1, 0.15) is 0 Å². The van der Waals surface area contributed by atoms with Gasteiger partial charge in [0.05, 0.1) is 12.2 Å². The van der Waals surface area contributed by atoms with Crippen molar-refractivity contribution in [3.8, 4) is 0 Å². The highest BCUT2D eigenvalue weighted by Crippen LogP contribution is 2.25. The number of aromatic nitrogens is 2. The van der Waals surface area contributed by atoms with Crippen molar-refractivity contribution in [2.24, 2.45) is 0 Å². The largest absolute Gasteiger partial charge is 0.306 e. The second-order valence-electron chi connectivity index (χ2n) is 5.78. The molecule has 0 saturated carbocycles. The molecule has 0 aliphatic rings. The molecule has 1 aromatic heterocycles. The molecule has 0 aliphatic carbocycles. The first-order chi connectivity index (χ1) is 10.2. The topological polar surface area (TPSA) is 29.9 Å². The van der Waals surface area contributed by atoms with Crippen LogP contribution in [-0.2, 0) is 6.54 Å². The molecule has 0 spiro atoms. The highest BCUT2D eigenvalue weighted by atomic mass is 15.3. The Bertz CT molecular complexity index is 572. The third kappa shape index (κ3) is 3.94. The quantitative estimate of drug-likeness (QED) is 0.833. The second-order valence-corrected chi connectivity index (χ2v) is 5.78. The minimum Gasteiger partial charge on any atom is -0.306 e. The van der Waals surface area contributed by atoms with E-state index in [0.29, 0.717) is 0 Å². The lowest BCUT2D eigenvalue weighted by Gasteiger charge is -2.20. The van der Waals surface area contributed by atoms with E-state index in [4.69, 9.17) is 0 Å². The molecule has 1 aromatic carbocycles. The van der Waals surface area contributed by atoms with Crippen LogP contribution in [0.2, 0.25) is 0 Å². The van der Waals surface area contributed by atoms with E-state index < -0.39 is 0 Å². The average Bonchev–Trinajstić information content (AvgIpc) is 2.90. The van der Waals surface area contributed by atoms with Gasteiger partial charge in [-0.15, -0.1) is 0 Å². The first-order valence-electron chi connectivity index (χ1n) is 7.98. The summed E-state index contributed by atoms with van der Waals surface area (Å²) in [5.74, 6) is 0. The summed E-state index contributed by atoms with van der Waals surface area (Å²) >= 11 is 0. The van der Waals surface area contributed by atoms with Crippen LogP contribution in [-0.4, -0.2) is 16.3 Å². The predicted molar refractivity (Wildman–Crippen MR) is 88.6 cm³/mol. The maximum atomic E-state index is 4.48. The maximum Gasteiger partial charge on any atom is 0.0610 e. The molecule has 3 heteroatoms. The Morgan fingerprint density at radius 3 is 2.67 bits per heavy atom. The molecule has 1 unspecified atom stereocenters. The van der Waals surface area contributed by atoms with Crippen LogP contribution in [0.25, 0.3) is 0 Å². The Morgan fingerprint density at radius 1 is 1.19 bits per heavy atom. The first kappa shape index (κ1) is 15.8. The maximum absolute atomic E-state index is 4.48. The van der Waals surface area contributed by atoms with Crippen LogP contribution in [0.5, 0.6) is 0 Å². The normalized spacial score (nSPS) is 12.6.